The summed E-state index contributed by atoms with van der Waals surface area (Å²) in [6.07, 6.45) is -0.0313. The van der Waals surface area contributed by atoms with E-state index in [9.17, 15) is 9.59 Å². The summed E-state index contributed by atoms with van der Waals surface area (Å²) in [4.78, 5) is 23.9. The maximum atomic E-state index is 12.0. The first-order chi connectivity index (χ1) is 10.6. The molecule has 0 aliphatic heterocycles. The summed E-state index contributed by atoms with van der Waals surface area (Å²) in [5.74, 6) is -0.951. The summed E-state index contributed by atoms with van der Waals surface area (Å²) in [7, 11) is 0. The molecule has 114 valence electrons. The Kier molecular flexibility index (Phi) is 5.14. The van der Waals surface area contributed by atoms with Gasteiger partial charge in [0.15, 0.2) is 0 Å². The number of carbonyl (C=O) groups is 2. The van der Waals surface area contributed by atoms with Crippen molar-refractivity contribution in [2.75, 3.05) is 10.6 Å². The van der Waals surface area contributed by atoms with Crippen molar-refractivity contribution < 1.29 is 14.3 Å². The third-order valence-corrected chi connectivity index (χ3v) is 2.74. The van der Waals surface area contributed by atoms with Crippen LogP contribution in [0.2, 0.25) is 0 Å². The molecule has 0 saturated heterocycles. The number of nitrogens with one attached hydrogen (secondary N) is 2. The standard InChI is InChI=1S/C17H18N2O3/c1-12(2)22-15-11-7-6-10-14(15)19-17(21)16(20)18-13-8-4-3-5-9-13/h3-12H,1-2H3,(H,18,20)(H,19,21). The zero-order valence-corrected chi connectivity index (χ0v) is 12.5. The lowest BCUT2D eigenvalue weighted by Gasteiger charge is -2.14. The molecule has 0 bridgehead atoms. The zero-order valence-electron chi connectivity index (χ0n) is 12.5. The van der Waals surface area contributed by atoms with Crippen molar-refractivity contribution in [3.8, 4) is 5.75 Å². The van der Waals surface area contributed by atoms with Gasteiger partial charge in [0.1, 0.15) is 5.75 Å². The van der Waals surface area contributed by atoms with E-state index in [0.717, 1.165) is 0 Å². The molecule has 0 aromatic heterocycles. The van der Waals surface area contributed by atoms with Gasteiger partial charge in [-0.2, -0.15) is 0 Å². The van der Waals surface area contributed by atoms with E-state index in [4.69, 9.17) is 4.74 Å². The molecule has 0 radical (unpaired) electrons. The zero-order chi connectivity index (χ0) is 15.9. The molecule has 2 aromatic rings. The van der Waals surface area contributed by atoms with Crippen LogP contribution in [0.5, 0.6) is 5.75 Å². The van der Waals surface area contributed by atoms with E-state index in [1.807, 2.05) is 19.9 Å². The highest BCUT2D eigenvalue weighted by Crippen LogP contribution is 2.24. The number of rotatable bonds is 4. The van der Waals surface area contributed by atoms with Gasteiger partial charge in [-0.1, -0.05) is 30.3 Å². The molecule has 2 rings (SSSR count). The second-order valence-corrected chi connectivity index (χ2v) is 4.94. The van der Waals surface area contributed by atoms with Crippen LogP contribution < -0.4 is 15.4 Å². The fourth-order valence-electron chi connectivity index (χ4n) is 1.82. The van der Waals surface area contributed by atoms with Crippen LogP contribution >= 0.6 is 0 Å². The fraction of sp³-hybridized carbons (Fsp3) is 0.176. The smallest absolute Gasteiger partial charge is 0.314 e. The van der Waals surface area contributed by atoms with Crippen molar-refractivity contribution in [3.05, 3.63) is 54.6 Å². The van der Waals surface area contributed by atoms with E-state index in [0.29, 0.717) is 17.1 Å². The van der Waals surface area contributed by atoms with Crippen molar-refractivity contribution in [2.45, 2.75) is 20.0 Å². The molecular weight excluding hydrogens is 280 g/mol. The van der Waals surface area contributed by atoms with Crippen LogP contribution in [0.3, 0.4) is 0 Å². The number of benzene rings is 2. The topological polar surface area (TPSA) is 67.4 Å². The SMILES string of the molecule is CC(C)Oc1ccccc1NC(=O)C(=O)Nc1ccccc1. The Balaban J connectivity index is 2.04. The first-order valence-electron chi connectivity index (χ1n) is 6.99. The molecule has 22 heavy (non-hydrogen) atoms. The summed E-state index contributed by atoms with van der Waals surface area (Å²) >= 11 is 0. The van der Waals surface area contributed by atoms with Crippen LogP contribution in [0.4, 0.5) is 11.4 Å². The highest BCUT2D eigenvalue weighted by molar-refractivity contribution is 6.43. The van der Waals surface area contributed by atoms with Gasteiger partial charge in [-0.3, -0.25) is 9.59 Å². The minimum Gasteiger partial charge on any atom is -0.489 e. The molecule has 0 aliphatic rings. The second-order valence-electron chi connectivity index (χ2n) is 4.94. The Morgan fingerprint density at radius 2 is 1.45 bits per heavy atom. The average molecular weight is 298 g/mol. The molecule has 5 heteroatoms. The highest BCUT2D eigenvalue weighted by atomic mass is 16.5. The normalized spacial score (nSPS) is 10.1. The number of ether oxygens (including phenoxy) is 1. The molecule has 5 nitrogen and oxygen atoms in total. The lowest BCUT2D eigenvalue weighted by molar-refractivity contribution is -0.133. The molecule has 0 atom stereocenters. The number of para-hydroxylation sites is 3. The molecule has 2 N–H and O–H groups in total. The minimum atomic E-state index is -0.747. The number of carbonyl (C=O) groups excluding carboxylic acids is 2. The van der Waals surface area contributed by atoms with Gasteiger partial charge in [0.2, 0.25) is 0 Å². The number of hydrogen-bond donors (Lipinski definition) is 2. The molecule has 0 heterocycles. The van der Waals surface area contributed by atoms with Crippen LogP contribution in [0, 0.1) is 0 Å². The summed E-state index contributed by atoms with van der Waals surface area (Å²) < 4.78 is 5.60. The number of amides is 2. The Labute approximate surface area is 129 Å². The predicted octanol–water partition coefficient (Wildman–Crippen LogP) is 3.05. The Bertz CT molecular complexity index is 654. The predicted molar refractivity (Wildman–Crippen MR) is 85.9 cm³/mol. The molecule has 0 saturated carbocycles. The van der Waals surface area contributed by atoms with E-state index >= 15 is 0 Å². The number of anilines is 2. The van der Waals surface area contributed by atoms with Gasteiger partial charge in [0.05, 0.1) is 11.8 Å². The van der Waals surface area contributed by atoms with Gasteiger partial charge in [0.25, 0.3) is 0 Å². The Hall–Kier alpha value is -2.82. The third-order valence-electron chi connectivity index (χ3n) is 2.74. The molecular formula is C17H18N2O3. The largest absolute Gasteiger partial charge is 0.489 e. The highest BCUT2D eigenvalue weighted by Gasteiger charge is 2.16. The van der Waals surface area contributed by atoms with E-state index in [1.165, 1.54) is 0 Å². The van der Waals surface area contributed by atoms with Crippen molar-refractivity contribution in [1.82, 2.24) is 0 Å². The monoisotopic (exact) mass is 298 g/mol. The van der Waals surface area contributed by atoms with Crippen molar-refractivity contribution in [2.24, 2.45) is 0 Å². The van der Waals surface area contributed by atoms with Crippen LogP contribution in [-0.4, -0.2) is 17.9 Å². The molecule has 2 aromatic carbocycles. The summed E-state index contributed by atoms with van der Waals surface area (Å²) in [6, 6.07) is 15.8. The summed E-state index contributed by atoms with van der Waals surface area (Å²) in [5, 5.41) is 5.09. The molecule has 0 spiro atoms. The van der Waals surface area contributed by atoms with Gasteiger partial charge in [0, 0.05) is 5.69 Å². The van der Waals surface area contributed by atoms with Gasteiger partial charge in [-0.25, -0.2) is 0 Å². The Morgan fingerprint density at radius 1 is 0.864 bits per heavy atom. The second kappa shape index (κ2) is 7.26. The fourth-order valence-corrected chi connectivity index (χ4v) is 1.82. The maximum absolute atomic E-state index is 12.0. The first-order valence-corrected chi connectivity index (χ1v) is 6.99. The lowest BCUT2D eigenvalue weighted by Crippen LogP contribution is -2.29. The molecule has 0 unspecified atom stereocenters. The van der Waals surface area contributed by atoms with Crippen molar-refractivity contribution in [3.63, 3.8) is 0 Å². The molecule has 0 fully saturated rings. The van der Waals surface area contributed by atoms with Crippen LogP contribution in [0.15, 0.2) is 54.6 Å². The van der Waals surface area contributed by atoms with E-state index in [1.54, 1.807) is 48.5 Å². The number of hydrogen-bond acceptors (Lipinski definition) is 3. The molecule has 0 aliphatic carbocycles. The third kappa shape index (κ3) is 4.34. The summed E-state index contributed by atoms with van der Waals surface area (Å²) in [5.41, 5.74) is 1.03. The van der Waals surface area contributed by atoms with Gasteiger partial charge in [-0.05, 0) is 38.1 Å². The van der Waals surface area contributed by atoms with Crippen LogP contribution in [0.1, 0.15) is 13.8 Å². The maximum Gasteiger partial charge on any atom is 0.314 e. The lowest BCUT2D eigenvalue weighted by atomic mass is 10.2. The van der Waals surface area contributed by atoms with Gasteiger partial charge < -0.3 is 15.4 Å². The van der Waals surface area contributed by atoms with Crippen LogP contribution in [-0.2, 0) is 9.59 Å². The van der Waals surface area contributed by atoms with E-state index in [-0.39, 0.29) is 6.10 Å². The average Bonchev–Trinajstić information content (AvgIpc) is 2.49. The minimum absolute atomic E-state index is 0.0313. The van der Waals surface area contributed by atoms with Crippen molar-refractivity contribution in [1.29, 1.82) is 0 Å². The molecule has 2 amide bonds. The van der Waals surface area contributed by atoms with E-state index < -0.39 is 11.8 Å². The van der Waals surface area contributed by atoms with Crippen LogP contribution in [0.25, 0.3) is 0 Å². The quantitative estimate of drug-likeness (QED) is 0.852. The van der Waals surface area contributed by atoms with E-state index in [2.05, 4.69) is 10.6 Å². The van der Waals surface area contributed by atoms with Gasteiger partial charge in [-0.15, -0.1) is 0 Å². The van der Waals surface area contributed by atoms with Crippen molar-refractivity contribution >= 4 is 23.2 Å². The summed E-state index contributed by atoms with van der Waals surface area (Å²) in [6.45, 7) is 3.78. The van der Waals surface area contributed by atoms with Gasteiger partial charge >= 0.3 is 11.8 Å². The Morgan fingerprint density at radius 3 is 2.14 bits per heavy atom. The first kappa shape index (κ1) is 15.6.